The van der Waals surface area contributed by atoms with Crippen LogP contribution >= 0.6 is 11.3 Å². The summed E-state index contributed by atoms with van der Waals surface area (Å²) < 4.78 is 0. The Morgan fingerprint density at radius 2 is 2.13 bits per heavy atom. The van der Waals surface area contributed by atoms with Gasteiger partial charge in [0, 0.05) is 39.1 Å². The number of carboxylic acid groups (broad SMARTS) is 1. The van der Waals surface area contributed by atoms with E-state index in [9.17, 15) is 9.59 Å². The molecule has 0 aliphatic carbocycles. The monoisotopic (exact) mass is 434 g/mol. The van der Waals surface area contributed by atoms with Crippen LogP contribution in [0.15, 0.2) is 18.3 Å². The highest BCUT2D eigenvalue weighted by atomic mass is 32.1. The molecule has 1 saturated heterocycles. The predicted octanol–water partition coefficient (Wildman–Crippen LogP) is 1.10. The number of hydrogen-bond donors (Lipinski definition) is 3. The summed E-state index contributed by atoms with van der Waals surface area (Å²) in [4.78, 5) is 39.5. The lowest BCUT2D eigenvalue weighted by atomic mass is 10.1. The van der Waals surface area contributed by atoms with Crippen molar-refractivity contribution >= 4 is 34.3 Å². The lowest BCUT2D eigenvalue weighted by Gasteiger charge is -2.12. The van der Waals surface area contributed by atoms with Crippen LogP contribution in [0.2, 0.25) is 0 Å². The Hall–Kier alpha value is -2.92. The zero-order chi connectivity index (χ0) is 22.1. The number of carbonyl (C=O) groups is 3. The zero-order valence-corrected chi connectivity index (χ0v) is 17.8. The number of nitrogens with one attached hydrogen (secondary N) is 1. The first kappa shape index (κ1) is 23.4. The largest absolute Gasteiger partial charge is 0.481 e. The summed E-state index contributed by atoms with van der Waals surface area (Å²) in [6, 6.07) is 3.70. The van der Waals surface area contributed by atoms with E-state index in [4.69, 9.17) is 15.6 Å². The first-order valence-corrected chi connectivity index (χ1v) is 10.4. The highest BCUT2D eigenvalue weighted by Crippen LogP contribution is 2.28. The van der Waals surface area contributed by atoms with Crippen LogP contribution in [0.3, 0.4) is 0 Å². The molecule has 0 radical (unpaired) electrons. The normalized spacial score (nSPS) is 15.5. The Morgan fingerprint density at radius 3 is 2.80 bits per heavy atom. The van der Waals surface area contributed by atoms with Gasteiger partial charge in [-0.1, -0.05) is 18.3 Å². The van der Waals surface area contributed by atoms with Crippen LogP contribution in [-0.4, -0.2) is 44.6 Å². The first-order valence-electron chi connectivity index (χ1n) is 9.57. The van der Waals surface area contributed by atoms with E-state index in [1.54, 1.807) is 11.1 Å². The van der Waals surface area contributed by atoms with Gasteiger partial charge in [0.2, 0.25) is 16.9 Å². The van der Waals surface area contributed by atoms with E-state index in [-0.39, 0.29) is 18.2 Å². The van der Waals surface area contributed by atoms with Crippen LogP contribution in [0, 0.1) is 5.92 Å². The molecule has 1 unspecified atom stereocenters. The minimum absolute atomic E-state index is 0.0902. The first-order chi connectivity index (χ1) is 14.3. The minimum Gasteiger partial charge on any atom is -0.481 e. The van der Waals surface area contributed by atoms with Crippen LogP contribution in [0.25, 0.3) is 0 Å². The number of nitrogens with two attached hydrogens (primary N) is 1. The molecule has 2 aromatic heterocycles. The number of aliphatic carboxylic acids is 1. The van der Waals surface area contributed by atoms with Crippen molar-refractivity contribution in [3.8, 4) is 0 Å². The van der Waals surface area contributed by atoms with Crippen molar-refractivity contribution in [2.45, 2.75) is 46.2 Å². The van der Waals surface area contributed by atoms with Gasteiger partial charge in [-0.3, -0.25) is 24.3 Å². The van der Waals surface area contributed by atoms with E-state index in [0.29, 0.717) is 24.8 Å². The summed E-state index contributed by atoms with van der Waals surface area (Å²) in [5.74, 6) is -1.47. The fourth-order valence-electron chi connectivity index (χ4n) is 2.81. The number of carbonyl (C=O) groups excluding carboxylic acids is 2. The quantitative estimate of drug-likeness (QED) is 0.586. The molecule has 0 saturated carbocycles. The molecule has 162 valence electrons. The Labute approximate surface area is 178 Å². The average Bonchev–Trinajstić information content (AvgIpc) is 3.32. The summed E-state index contributed by atoms with van der Waals surface area (Å²) in [7, 11) is 0. The molecular formula is C19H26N6O4S. The van der Waals surface area contributed by atoms with Crippen LogP contribution < -0.4 is 16.0 Å². The number of pyridine rings is 1. The van der Waals surface area contributed by atoms with Gasteiger partial charge in [-0.05, 0) is 24.1 Å². The van der Waals surface area contributed by atoms with Gasteiger partial charge in [-0.15, -0.1) is 10.2 Å². The number of amides is 2. The van der Waals surface area contributed by atoms with Crippen LogP contribution in [0.5, 0.6) is 0 Å². The maximum atomic E-state index is 12.4. The molecule has 0 spiro atoms. The summed E-state index contributed by atoms with van der Waals surface area (Å²) in [5, 5.41) is 20.0. The Morgan fingerprint density at radius 1 is 1.40 bits per heavy atom. The third-order valence-corrected chi connectivity index (χ3v) is 5.21. The second kappa shape index (κ2) is 11.3. The molecule has 4 N–H and O–H groups in total. The lowest BCUT2D eigenvalue weighted by Crippen LogP contribution is -2.32. The second-order valence-corrected chi connectivity index (χ2v) is 7.77. The highest BCUT2D eigenvalue weighted by molar-refractivity contribution is 7.15. The molecule has 1 aliphatic heterocycles. The summed E-state index contributed by atoms with van der Waals surface area (Å²) in [6.45, 7) is 4.23. The maximum Gasteiger partial charge on any atom is 0.300 e. The van der Waals surface area contributed by atoms with Gasteiger partial charge in [0.1, 0.15) is 5.01 Å². The molecule has 1 aliphatic rings. The highest BCUT2D eigenvalue weighted by Gasteiger charge is 2.36. The molecule has 3 rings (SSSR count). The number of aromatic nitrogens is 3. The van der Waals surface area contributed by atoms with Crippen molar-refractivity contribution in [3.05, 3.63) is 34.6 Å². The summed E-state index contributed by atoms with van der Waals surface area (Å²) in [6.07, 6.45) is 3.68. The number of hydrogen-bond acceptors (Lipinski definition) is 8. The number of anilines is 1. The Bertz CT molecular complexity index is 883. The van der Waals surface area contributed by atoms with Gasteiger partial charge in [0.05, 0.1) is 18.2 Å². The summed E-state index contributed by atoms with van der Waals surface area (Å²) in [5.41, 5.74) is 7.32. The fourth-order valence-corrected chi connectivity index (χ4v) is 3.78. The smallest absolute Gasteiger partial charge is 0.300 e. The third kappa shape index (κ3) is 6.85. The Kier molecular flexibility index (Phi) is 8.81. The van der Waals surface area contributed by atoms with Gasteiger partial charge in [0.15, 0.2) is 0 Å². The molecule has 1 fully saturated rings. The van der Waals surface area contributed by atoms with Crippen molar-refractivity contribution in [1.82, 2.24) is 20.5 Å². The van der Waals surface area contributed by atoms with E-state index in [1.165, 1.54) is 11.3 Å². The lowest BCUT2D eigenvalue weighted by molar-refractivity contribution is -0.134. The van der Waals surface area contributed by atoms with Crippen LogP contribution in [-0.2, 0) is 33.9 Å². The Balaban J connectivity index is 0.000000735. The van der Waals surface area contributed by atoms with Crippen molar-refractivity contribution in [2.75, 3.05) is 11.4 Å². The molecule has 3 heterocycles. The van der Waals surface area contributed by atoms with Crippen molar-refractivity contribution < 1.29 is 19.5 Å². The van der Waals surface area contributed by atoms with E-state index in [2.05, 4.69) is 27.4 Å². The molecule has 10 nitrogen and oxygen atoms in total. The van der Waals surface area contributed by atoms with Gasteiger partial charge >= 0.3 is 0 Å². The number of rotatable bonds is 7. The molecular weight excluding hydrogens is 408 g/mol. The SMILES string of the molecule is CC(=O)O.CCCc1nnc(N2CC(C(=O)NCc3cc(CN)ccn3)CC2=O)s1. The van der Waals surface area contributed by atoms with E-state index >= 15 is 0 Å². The van der Waals surface area contributed by atoms with Crippen molar-refractivity contribution in [1.29, 1.82) is 0 Å². The predicted molar refractivity (Wildman–Crippen MR) is 112 cm³/mol. The van der Waals surface area contributed by atoms with Crippen molar-refractivity contribution in [3.63, 3.8) is 0 Å². The topological polar surface area (TPSA) is 151 Å². The fraction of sp³-hybridized carbons (Fsp3) is 0.474. The molecule has 2 amide bonds. The maximum absolute atomic E-state index is 12.4. The molecule has 30 heavy (non-hydrogen) atoms. The van der Waals surface area contributed by atoms with E-state index in [0.717, 1.165) is 36.0 Å². The standard InChI is InChI=1S/C17H22N6O2S.C2H4O2/c1-2-3-14-21-22-17(26-14)23-10-12(7-15(23)24)16(25)20-9-13-6-11(8-18)4-5-19-13;1-2(3)4/h4-6,12H,2-3,7-10,18H2,1H3,(H,20,25);1H3,(H,3,4). The number of carboxylic acids is 1. The number of nitrogens with zero attached hydrogens (tertiary/aromatic N) is 4. The van der Waals surface area contributed by atoms with Gasteiger partial charge in [-0.2, -0.15) is 0 Å². The molecule has 2 aromatic rings. The molecule has 11 heteroatoms. The van der Waals surface area contributed by atoms with E-state index in [1.807, 2.05) is 12.1 Å². The van der Waals surface area contributed by atoms with Crippen molar-refractivity contribution in [2.24, 2.45) is 11.7 Å². The van der Waals surface area contributed by atoms with Gasteiger partial charge < -0.3 is 16.2 Å². The zero-order valence-electron chi connectivity index (χ0n) is 17.0. The third-order valence-electron chi connectivity index (χ3n) is 4.21. The van der Waals surface area contributed by atoms with Gasteiger partial charge in [-0.25, -0.2) is 0 Å². The van der Waals surface area contributed by atoms with Crippen LogP contribution in [0.4, 0.5) is 5.13 Å². The molecule has 0 aromatic carbocycles. The summed E-state index contributed by atoms with van der Waals surface area (Å²) >= 11 is 1.42. The van der Waals surface area contributed by atoms with Gasteiger partial charge in [0.25, 0.3) is 5.97 Å². The molecule has 1 atom stereocenters. The second-order valence-electron chi connectivity index (χ2n) is 6.73. The number of aryl methyl sites for hydroxylation is 1. The molecule has 0 bridgehead atoms. The van der Waals surface area contributed by atoms with E-state index < -0.39 is 11.9 Å². The average molecular weight is 435 g/mol. The van der Waals surface area contributed by atoms with Crippen LogP contribution in [0.1, 0.15) is 43.0 Å². The minimum atomic E-state index is -0.833.